The number of hydrogen-bond acceptors (Lipinski definition) is 18. The van der Waals surface area contributed by atoms with Crippen LogP contribution in [0, 0.1) is 0 Å². The number of aryl methyl sites for hydroxylation is 1. The van der Waals surface area contributed by atoms with Crippen LogP contribution in [0.4, 0.5) is 24.8 Å². The van der Waals surface area contributed by atoms with Crippen molar-refractivity contribution in [2.24, 2.45) is 0 Å². The van der Waals surface area contributed by atoms with Crippen molar-refractivity contribution in [3.8, 4) is 0 Å². The van der Waals surface area contributed by atoms with Crippen molar-refractivity contribution in [2.45, 2.75) is 68.1 Å². The van der Waals surface area contributed by atoms with Gasteiger partial charge < -0.3 is 50.6 Å². The van der Waals surface area contributed by atoms with E-state index in [0.29, 0.717) is 5.56 Å². The molecule has 0 bridgehead atoms. The number of fused-ring (bicyclic) bond motifs is 1. The predicted molar refractivity (Wildman–Crippen MR) is 181 cm³/mol. The Hall–Kier alpha value is -4.43. The summed E-state index contributed by atoms with van der Waals surface area (Å²) in [4.78, 5) is 70.2. The predicted octanol–water partition coefficient (Wildman–Crippen LogP) is -0.0609. The molecule has 2 fully saturated rings. The van der Waals surface area contributed by atoms with Crippen molar-refractivity contribution in [1.29, 1.82) is 0 Å². The van der Waals surface area contributed by atoms with Crippen LogP contribution in [0.1, 0.15) is 30.0 Å². The summed E-state index contributed by atoms with van der Waals surface area (Å²) in [5, 5.41) is 22.4. The largest absolute Gasteiger partial charge is 0.472 e. The van der Waals surface area contributed by atoms with Crippen LogP contribution < -0.4 is 17.2 Å². The number of halogens is 3. The number of alkyl halides is 3. The maximum atomic E-state index is 13.4. The van der Waals surface area contributed by atoms with Crippen molar-refractivity contribution in [3.63, 3.8) is 0 Å². The van der Waals surface area contributed by atoms with Gasteiger partial charge in [-0.05, 0) is 30.2 Å². The Balaban J connectivity index is 1.19. The second-order valence-corrected chi connectivity index (χ2v) is 15.2. The first-order chi connectivity index (χ1) is 26.7. The molecule has 6 rings (SSSR count). The molecule has 2 saturated heterocycles. The standard InChI is InChI=1S/C29H33F3N8O15P2/c30-29(31,32)14-4-1-13(2-5-14)3-6-18(41)54-22-15(52-27(20(22)42)40-12-37-19-24(34)35-11-36-25(19)40)10-51-57(48,49)55-23-16(9-50-56(45,46)47)53-26(21(23)43)39-8-7-17(33)38-28(39)44/h1-2,4-5,7-8,11-12,15-16,20-23,26-27,42-43H,3,6,9-10H2,(H,48,49)(H2,33,38,44)(H2,34,35,36)(H2,45,46,47)/t15-,16-,20-,21-,22-,23-,26-,27-/m1/s1. The third-order valence-electron chi connectivity index (χ3n) is 8.64. The van der Waals surface area contributed by atoms with Crippen LogP contribution in [0.2, 0.25) is 0 Å². The Morgan fingerprint density at radius 1 is 0.895 bits per heavy atom. The number of hydrogen-bond donors (Lipinski definition) is 7. The number of carbonyl (C=O) groups is 1. The maximum Gasteiger partial charge on any atom is 0.472 e. The first kappa shape index (κ1) is 42.2. The van der Waals surface area contributed by atoms with Gasteiger partial charge in [-0.15, -0.1) is 0 Å². The highest BCUT2D eigenvalue weighted by Gasteiger charge is 2.52. The van der Waals surface area contributed by atoms with Crippen molar-refractivity contribution < 1.29 is 79.8 Å². The number of nitrogens with zero attached hydrogens (tertiary/aromatic N) is 6. The van der Waals surface area contributed by atoms with Crippen LogP contribution in [0.5, 0.6) is 0 Å². The number of imidazole rings is 1. The maximum absolute atomic E-state index is 13.4. The van der Waals surface area contributed by atoms with Crippen molar-refractivity contribution in [3.05, 3.63) is 70.8 Å². The summed E-state index contributed by atoms with van der Waals surface area (Å²) in [5.74, 6) is -1.19. The summed E-state index contributed by atoms with van der Waals surface area (Å²) < 4.78 is 97.3. The van der Waals surface area contributed by atoms with E-state index in [-0.39, 0.29) is 29.2 Å². The molecule has 2 aliphatic rings. The van der Waals surface area contributed by atoms with Gasteiger partial charge in [0.1, 0.15) is 48.2 Å². The number of rotatable bonds is 14. The average Bonchev–Trinajstić information content (AvgIpc) is 3.79. The van der Waals surface area contributed by atoms with Gasteiger partial charge in [0.15, 0.2) is 30.0 Å². The fraction of sp³-hybridized carbons (Fsp3) is 0.448. The fourth-order valence-electron chi connectivity index (χ4n) is 5.96. The van der Waals surface area contributed by atoms with E-state index >= 15 is 0 Å². The number of nitrogens with two attached hydrogens (primary N) is 2. The molecular formula is C29H33F3N8O15P2. The molecule has 4 aromatic rings. The number of ether oxygens (including phenoxy) is 3. The number of phosphoric acid groups is 2. The zero-order chi connectivity index (χ0) is 41.4. The van der Waals surface area contributed by atoms with Gasteiger partial charge in [-0.3, -0.25) is 27.5 Å². The first-order valence-corrected chi connectivity index (χ1v) is 19.4. The van der Waals surface area contributed by atoms with Gasteiger partial charge >= 0.3 is 33.5 Å². The van der Waals surface area contributed by atoms with E-state index in [4.69, 9.17) is 34.7 Å². The molecule has 310 valence electrons. The second kappa shape index (κ2) is 16.4. The van der Waals surface area contributed by atoms with Gasteiger partial charge in [0.2, 0.25) is 0 Å². The van der Waals surface area contributed by atoms with Gasteiger partial charge in [-0.25, -0.2) is 28.9 Å². The van der Waals surface area contributed by atoms with Crippen molar-refractivity contribution in [1.82, 2.24) is 29.1 Å². The summed E-state index contributed by atoms with van der Waals surface area (Å²) >= 11 is 0. The van der Waals surface area contributed by atoms with Gasteiger partial charge in [0, 0.05) is 12.6 Å². The third-order valence-corrected chi connectivity index (χ3v) is 10.1. The zero-order valence-electron chi connectivity index (χ0n) is 28.8. The number of esters is 1. The number of nitrogen functional groups attached to an aromatic ring is 2. The molecule has 2 aliphatic heterocycles. The molecule has 0 aliphatic carbocycles. The SMILES string of the molecule is Nc1ccn([C@@H]2O[C@H](COP(=O)(O)O)[C@@H](OP(=O)(O)OC[C@H]3O[C@@H](n4cnc5c(N)ncnc54)[C@H](O)[C@@H]3OC(=O)CCc3ccc(C(F)(F)F)cc3)[C@H]2O)c(=O)n1. The number of benzene rings is 1. The van der Waals surface area contributed by atoms with Crippen LogP contribution in [0.3, 0.4) is 0 Å². The smallest absolute Gasteiger partial charge is 0.457 e. The molecule has 0 amide bonds. The molecule has 23 nitrogen and oxygen atoms in total. The Morgan fingerprint density at radius 2 is 1.53 bits per heavy atom. The van der Waals surface area contributed by atoms with Crippen LogP contribution in [-0.4, -0.2) is 110 Å². The molecular weight excluding hydrogens is 819 g/mol. The van der Waals surface area contributed by atoms with E-state index in [9.17, 15) is 56.8 Å². The lowest BCUT2D eigenvalue weighted by Gasteiger charge is -2.25. The van der Waals surface area contributed by atoms with Gasteiger partial charge in [0.25, 0.3) is 0 Å². The van der Waals surface area contributed by atoms with E-state index in [1.165, 1.54) is 23.0 Å². The molecule has 9 N–H and O–H groups in total. The highest BCUT2D eigenvalue weighted by molar-refractivity contribution is 7.47. The lowest BCUT2D eigenvalue weighted by atomic mass is 10.1. The molecule has 0 saturated carbocycles. The number of aliphatic hydroxyl groups excluding tert-OH is 2. The lowest BCUT2D eigenvalue weighted by molar-refractivity contribution is -0.156. The van der Waals surface area contributed by atoms with E-state index in [1.54, 1.807) is 0 Å². The van der Waals surface area contributed by atoms with E-state index in [0.717, 1.165) is 35.3 Å². The first-order valence-electron chi connectivity index (χ1n) is 16.4. The number of phosphoric ester groups is 2. The van der Waals surface area contributed by atoms with Gasteiger partial charge in [-0.1, -0.05) is 12.1 Å². The van der Waals surface area contributed by atoms with Crippen LogP contribution >= 0.6 is 15.6 Å². The molecule has 3 aromatic heterocycles. The minimum Gasteiger partial charge on any atom is -0.457 e. The normalized spacial score (nSPS) is 26.5. The Kier molecular flexibility index (Phi) is 12.2. The van der Waals surface area contributed by atoms with Crippen LogP contribution in [0.25, 0.3) is 11.2 Å². The van der Waals surface area contributed by atoms with Crippen LogP contribution in [0.15, 0.2) is 54.0 Å². The summed E-state index contributed by atoms with van der Waals surface area (Å²) in [6, 6.07) is 5.19. The Bertz CT molecular complexity index is 2240. The molecule has 0 radical (unpaired) electrons. The highest BCUT2D eigenvalue weighted by Crippen LogP contribution is 2.50. The summed E-state index contributed by atoms with van der Waals surface area (Å²) in [5.41, 5.74) is 9.96. The molecule has 5 heterocycles. The number of anilines is 2. The van der Waals surface area contributed by atoms with Crippen LogP contribution in [-0.2, 0) is 54.3 Å². The Morgan fingerprint density at radius 3 is 2.18 bits per heavy atom. The molecule has 1 unspecified atom stereocenters. The van der Waals surface area contributed by atoms with E-state index in [1.807, 2.05) is 0 Å². The minimum absolute atomic E-state index is 0.0296. The summed E-state index contributed by atoms with van der Waals surface area (Å²) in [6.45, 7) is -2.00. The number of aliphatic hydroxyl groups is 2. The molecule has 1 aromatic carbocycles. The zero-order valence-corrected chi connectivity index (χ0v) is 30.5. The highest BCUT2D eigenvalue weighted by atomic mass is 31.2. The summed E-state index contributed by atoms with van der Waals surface area (Å²) in [6.07, 6.45) is -15.5. The van der Waals surface area contributed by atoms with Crippen molar-refractivity contribution in [2.75, 3.05) is 24.7 Å². The quantitative estimate of drug-likeness (QED) is 0.0645. The van der Waals surface area contributed by atoms with Gasteiger partial charge in [0.05, 0.1) is 25.1 Å². The molecule has 57 heavy (non-hydrogen) atoms. The average molecular weight is 853 g/mol. The molecule has 9 atom stereocenters. The second-order valence-electron chi connectivity index (χ2n) is 12.5. The van der Waals surface area contributed by atoms with Crippen molar-refractivity contribution >= 4 is 44.4 Å². The minimum atomic E-state index is -5.40. The fourth-order valence-corrected chi connectivity index (χ4v) is 7.26. The van der Waals surface area contributed by atoms with Gasteiger partial charge in [-0.2, -0.15) is 18.2 Å². The Labute approximate surface area is 316 Å². The third kappa shape index (κ3) is 9.82. The van der Waals surface area contributed by atoms with E-state index < -0.39 is 108 Å². The summed E-state index contributed by atoms with van der Waals surface area (Å²) in [7, 11) is -10.6. The monoisotopic (exact) mass is 852 g/mol. The number of aromatic nitrogens is 6. The topological polar surface area (TPSA) is 338 Å². The number of carbonyl (C=O) groups excluding carboxylic acids is 1. The molecule has 0 spiro atoms. The molecule has 28 heteroatoms. The lowest BCUT2D eigenvalue weighted by Crippen LogP contribution is -2.39. The van der Waals surface area contributed by atoms with E-state index in [2.05, 4.69) is 24.5 Å².